The minimum absolute atomic E-state index is 0.238. The molecule has 1 unspecified atom stereocenters. The molecule has 2 rings (SSSR count). The molecule has 0 bridgehead atoms. The van der Waals surface area contributed by atoms with Crippen molar-refractivity contribution in [3.05, 3.63) is 24.0 Å². The van der Waals surface area contributed by atoms with Crippen LogP contribution in [0.5, 0.6) is 0 Å². The predicted octanol–water partition coefficient (Wildman–Crippen LogP) is 0.979. The molecule has 1 aromatic rings. The summed E-state index contributed by atoms with van der Waals surface area (Å²) >= 11 is 0. The molecular weight excluding hydrogens is 230 g/mol. The summed E-state index contributed by atoms with van der Waals surface area (Å²) in [7, 11) is 0. The number of piperidine rings is 1. The number of rotatable bonds is 3. The zero-order valence-corrected chi connectivity index (χ0v) is 10.5. The van der Waals surface area contributed by atoms with Gasteiger partial charge in [0.1, 0.15) is 6.04 Å². The number of anilines is 1. The number of nitrogens with two attached hydrogens (primary N) is 1. The van der Waals surface area contributed by atoms with Crippen LogP contribution in [0.2, 0.25) is 0 Å². The van der Waals surface area contributed by atoms with E-state index in [0.29, 0.717) is 5.69 Å². The maximum Gasteiger partial charge on any atom is 0.240 e. The summed E-state index contributed by atoms with van der Waals surface area (Å²) in [5.74, 6) is -0.283. The Morgan fingerprint density at radius 2 is 2.33 bits per heavy atom. The highest BCUT2D eigenvalue weighted by Crippen LogP contribution is 2.24. The molecule has 0 aromatic carbocycles. The van der Waals surface area contributed by atoms with Gasteiger partial charge in [0.05, 0.1) is 23.7 Å². The van der Waals surface area contributed by atoms with E-state index >= 15 is 0 Å². The smallest absolute Gasteiger partial charge is 0.240 e. The highest BCUT2D eigenvalue weighted by Gasteiger charge is 2.27. The maximum absolute atomic E-state index is 11.4. The number of aromatic nitrogens is 1. The van der Waals surface area contributed by atoms with Crippen LogP contribution in [0.15, 0.2) is 18.3 Å². The van der Waals surface area contributed by atoms with Crippen molar-refractivity contribution >= 4 is 11.6 Å². The molecular formula is C13H19N3O2. The second-order valence-corrected chi connectivity index (χ2v) is 4.72. The number of hydrogen-bond acceptors (Lipinski definition) is 4. The fourth-order valence-electron chi connectivity index (χ4n) is 2.35. The van der Waals surface area contributed by atoms with Gasteiger partial charge >= 0.3 is 0 Å². The van der Waals surface area contributed by atoms with Gasteiger partial charge in [-0.05, 0) is 38.3 Å². The average Bonchev–Trinajstić information content (AvgIpc) is 2.39. The second-order valence-electron chi connectivity index (χ2n) is 4.72. The summed E-state index contributed by atoms with van der Waals surface area (Å²) < 4.78 is 0. The Morgan fingerprint density at radius 1 is 1.56 bits per heavy atom. The summed E-state index contributed by atoms with van der Waals surface area (Å²) in [6.45, 7) is 2.50. The zero-order valence-electron chi connectivity index (χ0n) is 10.5. The SMILES string of the molecule is C[C@@H](O)c1ccc(N2CCCCC2C(N)=O)cn1. The molecule has 98 valence electrons. The molecule has 18 heavy (non-hydrogen) atoms. The topological polar surface area (TPSA) is 79.5 Å². The molecule has 0 aliphatic carbocycles. The normalized spacial score (nSPS) is 21.7. The minimum Gasteiger partial charge on any atom is -0.387 e. The number of aliphatic hydroxyl groups excluding tert-OH is 1. The van der Waals surface area contributed by atoms with Gasteiger partial charge in [-0.25, -0.2) is 0 Å². The van der Waals surface area contributed by atoms with E-state index in [1.807, 2.05) is 11.0 Å². The van der Waals surface area contributed by atoms with Crippen molar-refractivity contribution in [1.29, 1.82) is 0 Å². The first kappa shape index (κ1) is 12.8. The van der Waals surface area contributed by atoms with E-state index < -0.39 is 6.10 Å². The summed E-state index contributed by atoms with van der Waals surface area (Å²) in [6, 6.07) is 3.43. The third-order valence-corrected chi connectivity index (χ3v) is 3.36. The fraction of sp³-hybridized carbons (Fsp3) is 0.538. The number of hydrogen-bond donors (Lipinski definition) is 2. The van der Waals surface area contributed by atoms with E-state index in [1.54, 1.807) is 19.2 Å². The highest BCUT2D eigenvalue weighted by molar-refractivity contribution is 5.83. The van der Waals surface area contributed by atoms with Crippen molar-refractivity contribution in [1.82, 2.24) is 4.98 Å². The second kappa shape index (κ2) is 5.35. The van der Waals surface area contributed by atoms with Crippen molar-refractivity contribution in [2.45, 2.75) is 38.3 Å². The maximum atomic E-state index is 11.4. The highest BCUT2D eigenvalue weighted by atomic mass is 16.3. The Hall–Kier alpha value is -1.62. The van der Waals surface area contributed by atoms with Crippen LogP contribution >= 0.6 is 0 Å². The molecule has 5 nitrogen and oxygen atoms in total. The van der Waals surface area contributed by atoms with E-state index in [2.05, 4.69) is 4.98 Å². The third kappa shape index (κ3) is 2.61. The van der Waals surface area contributed by atoms with Crippen LogP contribution < -0.4 is 10.6 Å². The average molecular weight is 249 g/mol. The number of aliphatic hydroxyl groups is 1. The number of nitrogens with zero attached hydrogens (tertiary/aromatic N) is 2. The Balaban J connectivity index is 2.20. The molecule has 0 spiro atoms. The van der Waals surface area contributed by atoms with E-state index in [1.165, 1.54) is 0 Å². The summed E-state index contributed by atoms with van der Waals surface area (Å²) in [5.41, 5.74) is 6.95. The van der Waals surface area contributed by atoms with Gasteiger partial charge in [0.15, 0.2) is 0 Å². The summed E-state index contributed by atoms with van der Waals surface area (Å²) in [4.78, 5) is 17.6. The molecule has 1 aliphatic rings. The van der Waals surface area contributed by atoms with E-state index in [0.717, 1.165) is 31.5 Å². The summed E-state index contributed by atoms with van der Waals surface area (Å²) in [5, 5.41) is 9.41. The van der Waals surface area contributed by atoms with Crippen molar-refractivity contribution in [2.75, 3.05) is 11.4 Å². The third-order valence-electron chi connectivity index (χ3n) is 3.36. The Labute approximate surface area is 107 Å². The quantitative estimate of drug-likeness (QED) is 0.837. The molecule has 1 amide bonds. The van der Waals surface area contributed by atoms with Gasteiger partial charge in [-0.15, -0.1) is 0 Å². The first-order valence-corrected chi connectivity index (χ1v) is 6.29. The molecule has 2 atom stereocenters. The van der Waals surface area contributed by atoms with Gasteiger partial charge in [0.2, 0.25) is 5.91 Å². The van der Waals surface area contributed by atoms with Gasteiger partial charge in [0.25, 0.3) is 0 Å². The van der Waals surface area contributed by atoms with Crippen LogP contribution in [0.25, 0.3) is 0 Å². The lowest BCUT2D eigenvalue weighted by molar-refractivity contribution is -0.119. The largest absolute Gasteiger partial charge is 0.387 e. The number of amides is 1. The first-order valence-electron chi connectivity index (χ1n) is 6.29. The van der Waals surface area contributed by atoms with Crippen LogP contribution in [0, 0.1) is 0 Å². The van der Waals surface area contributed by atoms with Crippen molar-refractivity contribution in [3.63, 3.8) is 0 Å². The Kier molecular flexibility index (Phi) is 3.81. The number of carbonyl (C=O) groups is 1. The van der Waals surface area contributed by atoms with E-state index in [9.17, 15) is 9.90 Å². The molecule has 1 aromatic heterocycles. The molecule has 0 radical (unpaired) electrons. The van der Waals surface area contributed by atoms with Crippen LogP contribution in [0.4, 0.5) is 5.69 Å². The lowest BCUT2D eigenvalue weighted by atomic mass is 10.0. The minimum atomic E-state index is -0.577. The molecule has 0 saturated carbocycles. The molecule has 5 heteroatoms. The standard InChI is InChI=1S/C13H19N3O2/c1-9(17)11-6-5-10(8-15-11)16-7-3-2-4-12(16)13(14)18/h5-6,8-9,12,17H,2-4,7H2,1H3,(H2,14,18)/t9-,12?/m1/s1. The van der Waals surface area contributed by atoms with Gasteiger partial charge in [0, 0.05) is 6.54 Å². The Morgan fingerprint density at radius 3 is 2.89 bits per heavy atom. The lowest BCUT2D eigenvalue weighted by Crippen LogP contribution is -2.47. The number of primary amides is 1. The lowest BCUT2D eigenvalue weighted by Gasteiger charge is -2.35. The van der Waals surface area contributed by atoms with Gasteiger partial charge in [-0.3, -0.25) is 9.78 Å². The molecule has 1 aliphatic heterocycles. The number of carbonyl (C=O) groups excluding carboxylic acids is 1. The van der Waals surface area contributed by atoms with E-state index in [4.69, 9.17) is 5.73 Å². The molecule has 3 N–H and O–H groups in total. The monoisotopic (exact) mass is 249 g/mol. The van der Waals surface area contributed by atoms with Gasteiger partial charge in [-0.1, -0.05) is 0 Å². The van der Waals surface area contributed by atoms with Crippen molar-refractivity contribution in [2.24, 2.45) is 5.73 Å². The van der Waals surface area contributed by atoms with Crippen LogP contribution in [0.1, 0.15) is 38.0 Å². The van der Waals surface area contributed by atoms with Crippen LogP contribution in [0.3, 0.4) is 0 Å². The molecule has 2 heterocycles. The van der Waals surface area contributed by atoms with Crippen molar-refractivity contribution < 1.29 is 9.90 Å². The van der Waals surface area contributed by atoms with Gasteiger partial charge < -0.3 is 15.7 Å². The molecule has 1 fully saturated rings. The zero-order chi connectivity index (χ0) is 13.1. The first-order chi connectivity index (χ1) is 8.59. The Bertz CT molecular complexity index is 417. The fourth-order valence-corrected chi connectivity index (χ4v) is 2.35. The van der Waals surface area contributed by atoms with Gasteiger partial charge in [-0.2, -0.15) is 0 Å². The predicted molar refractivity (Wildman–Crippen MR) is 69.1 cm³/mol. The van der Waals surface area contributed by atoms with Crippen LogP contribution in [-0.4, -0.2) is 28.6 Å². The van der Waals surface area contributed by atoms with E-state index in [-0.39, 0.29) is 11.9 Å². The summed E-state index contributed by atoms with van der Waals surface area (Å²) in [6.07, 6.45) is 4.01. The molecule has 1 saturated heterocycles. The van der Waals surface area contributed by atoms with Crippen molar-refractivity contribution in [3.8, 4) is 0 Å². The van der Waals surface area contributed by atoms with Crippen LogP contribution in [-0.2, 0) is 4.79 Å². The number of pyridine rings is 1.